The number of nitrogens with zero attached hydrogens (tertiary/aromatic N) is 2. The molecule has 1 unspecified atom stereocenters. The first-order valence-electron chi connectivity index (χ1n) is 7.43. The number of aromatic nitrogens is 3. The summed E-state index contributed by atoms with van der Waals surface area (Å²) < 4.78 is 34.0. The van der Waals surface area contributed by atoms with E-state index in [0.29, 0.717) is 39.4 Å². The van der Waals surface area contributed by atoms with Gasteiger partial charge < -0.3 is 23.9 Å². The van der Waals surface area contributed by atoms with Crippen molar-refractivity contribution < 1.29 is 23.2 Å². The molecular weight excluding hydrogens is 346 g/mol. The summed E-state index contributed by atoms with van der Waals surface area (Å²) in [4.78, 5) is 11.7. The van der Waals surface area contributed by atoms with Crippen LogP contribution in [-0.4, -0.2) is 40.2 Å². The smallest absolute Gasteiger partial charge is 0.231 e. The molecular formula is C16H15N3O5S. The fraction of sp³-hybridized carbons (Fsp3) is 0.250. The zero-order valence-corrected chi connectivity index (χ0v) is 14.4. The minimum atomic E-state index is -1.43. The number of aromatic amines is 1. The van der Waals surface area contributed by atoms with Gasteiger partial charge in [0.1, 0.15) is 0 Å². The highest BCUT2D eigenvalue weighted by Gasteiger charge is 2.20. The number of methoxy groups -OCH3 is 2. The summed E-state index contributed by atoms with van der Waals surface area (Å²) >= 11 is 0. The lowest BCUT2D eigenvalue weighted by Gasteiger charge is -2.10. The molecule has 1 aromatic carbocycles. The van der Waals surface area contributed by atoms with Gasteiger partial charge in [-0.05, 0) is 0 Å². The van der Waals surface area contributed by atoms with Gasteiger partial charge in [0.15, 0.2) is 28.2 Å². The third-order valence-electron chi connectivity index (χ3n) is 3.80. The molecule has 1 aliphatic heterocycles. The van der Waals surface area contributed by atoms with Gasteiger partial charge >= 0.3 is 0 Å². The Hall–Kier alpha value is -2.81. The van der Waals surface area contributed by atoms with Crippen LogP contribution in [0.3, 0.4) is 0 Å². The van der Waals surface area contributed by atoms with E-state index in [1.807, 2.05) is 0 Å². The fourth-order valence-corrected chi connectivity index (χ4v) is 3.64. The number of fused-ring (bicyclic) bond motifs is 2. The Morgan fingerprint density at radius 2 is 2.04 bits per heavy atom. The second-order valence-electron chi connectivity index (χ2n) is 5.25. The van der Waals surface area contributed by atoms with Gasteiger partial charge in [0, 0.05) is 24.4 Å². The number of ether oxygens (including phenoxy) is 4. The molecule has 2 aromatic heterocycles. The molecule has 0 spiro atoms. The van der Waals surface area contributed by atoms with E-state index in [0.717, 1.165) is 5.52 Å². The van der Waals surface area contributed by atoms with Crippen molar-refractivity contribution in [3.05, 3.63) is 30.1 Å². The number of imidazole rings is 1. The number of H-pyrrole nitrogens is 1. The van der Waals surface area contributed by atoms with Gasteiger partial charge in [-0.2, -0.15) is 0 Å². The van der Waals surface area contributed by atoms with E-state index < -0.39 is 10.8 Å². The first-order valence-corrected chi connectivity index (χ1v) is 8.75. The standard InChI is InChI=1S/C16H15N3O5S/c1-21-12-3-4-17-11(15(12)22-2)7-25(20)16-18-9-5-13-14(24-8-23-13)6-10(9)19-16/h3-6H,7-8H2,1-2H3,(H,18,19). The van der Waals surface area contributed by atoms with Gasteiger partial charge in [0.25, 0.3) is 0 Å². The van der Waals surface area contributed by atoms with E-state index in [1.54, 1.807) is 31.5 Å². The van der Waals surface area contributed by atoms with Crippen LogP contribution in [0.25, 0.3) is 11.0 Å². The van der Waals surface area contributed by atoms with Gasteiger partial charge in [-0.1, -0.05) is 0 Å². The van der Waals surface area contributed by atoms with Crippen LogP contribution >= 0.6 is 0 Å². The number of pyridine rings is 1. The van der Waals surface area contributed by atoms with Gasteiger partial charge in [0.2, 0.25) is 6.79 Å². The van der Waals surface area contributed by atoms with Crippen molar-refractivity contribution >= 4 is 21.8 Å². The number of rotatable bonds is 5. The highest BCUT2D eigenvalue weighted by Crippen LogP contribution is 2.36. The largest absolute Gasteiger partial charge is 0.493 e. The Kier molecular flexibility index (Phi) is 3.92. The maximum absolute atomic E-state index is 12.7. The van der Waals surface area contributed by atoms with Crippen LogP contribution in [0, 0.1) is 0 Å². The van der Waals surface area contributed by atoms with E-state index in [2.05, 4.69) is 15.0 Å². The van der Waals surface area contributed by atoms with Gasteiger partial charge in [-0.15, -0.1) is 0 Å². The molecule has 0 aliphatic carbocycles. The number of nitrogens with one attached hydrogen (secondary N) is 1. The van der Waals surface area contributed by atoms with Crippen LogP contribution in [0.5, 0.6) is 23.0 Å². The molecule has 0 radical (unpaired) electrons. The predicted molar refractivity (Wildman–Crippen MR) is 89.7 cm³/mol. The van der Waals surface area contributed by atoms with E-state index in [4.69, 9.17) is 18.9 Å². The molecule has 130 valence electrons. The summed E-state index contributed by atoms with van der Waals surface area (Å²) in [6.07, 6.45) is 1.59. The van der Waals surface area contributed by atoms with Crippen molar-refractivity contribution in [1.82, 2.24) is 15.0 Å². The van der Waals surface area contributed by atoms with Crippen LogP contribution in [-0.2, 0) is 16.6 Å². The Labute approximate surface area is 145 Å². The summed E-state index contributed by atoms with van der Waals surface area (Å²) in [5.74, 6) is 2.43. The van der Waals surface area contributed by atoms with Crippen LogP contribution in [0.1, 0.15) is 5.69 Å². The summed E-state index contributed by atoms with van der Waals surface area (Å²) in [5.41, 5.74) is 1.94. The molecule has 9 heteroatoms. The fourth-order valence-electron chi connectivity index (χ4n) is 2.63. The minimum absolute atomic E-state index is 0.146. The zero-order chi connectivity index (χ0) is 17.4. The molecule has 3 aromatic rings. The lowest BCUT2D eigenvalue weighted by Crippen LogP contribution is -2.04. The Morgan fingerprint density at radius 3 is 2.80 bits per heavy atom. The van der Waals surface area contributed by atoms with Crippen LogP contribution < -0.4 is 18.9 Å². The molecule has 1 N–H and O–H groups in total. The molecule has 0 saturated heterocycles. The van der Waals surface area contributed by atoms with Crippen LogP contribution in [0.15, 0.2) is 29.6 Å². The van der Waals surface area contributed by atoms with Crippen molar-refractivity contribution in [2.24, 2.45) is 0 Å². The molecule has 0 amide bonds. The molecule has 3 heterocycles. The van der Waals surface area contributed by atoms with Gasteiger partial charge in [-0.3, -0.25) is 9.19 Å². The number of benzene rings is 1. The molecule has 0 saturated carbocycles. The normalized spacial score (nSPS) is 13.8. The Balaban J connectivity index is 1.65. The Bertz CT molecular complexity index is 931. The zero-order valence-electron chi connectivity index (χ0n) is 13.6. The van der Waals surface area contributed by atoms with E-state index in [9.17, 15) is 4.21 Å². The molecule has 25 heavy (non-hydrogen) atoms. The molecule has 0 bridgehead atoms. The topological polar surface area (TPSA) is 95.6 Å². The first kappa shape index (κ1) is 15.7. The minimum Gasteiger partial charge on any atom is -0.493 e. The third-order valence-corrected chi connectivity index (χ3v) is 4.96. The maximum atomic E-state index is 12.7. The lowest BCUT2D eigenvalue weighted by atomic mass is 10.3. The monoisotopic (exact) mass is 361 g/mol. The van der Waals surface area contributed by atoms with Crippen molar-refractivity contribution in [2.75, 3.05) is 21.0 Å². The second-order valence-corrected chi connectivity index (χ2v) is 6.61. The molecule has 1 aliphatic rings. The van der Waals surface area contributed by atoms with E-state index >= 15 is 0 Å². The predicted octanol–water partition coefficient (Wildman–Crippen LogP) is 2.01. The van der Waals surface area contributed by atoms with Crippen molar-refractivity contribution in [3.63, 3.8) is 0 Å². The quantitative estimate of drug-likeness (QED) is 0.743. The molecule has 4 rings (SSSR count). The highest BCUT2D eigenvalue weighted by molar-refractivity contribution is 7.84. The third kappa shape index (κ3) is 2.76. The van der Waals surface area contributed by atoms with Crippen LogP contribution in [0.4, 0.5) is 0 Å². The molecule has 0 fully saturated rings. The average molecular weight is 361 g/mol. The highest BCUT2D eigenvalue weighted by atomic mass is 32.2. The summed E-state index contributed by atoms with van der Waals surface area (Å²) in [5, 5.41) is 0.352. The first-order chi connectivity index (χ1) is 12.2. The lowest BCUT2D eigenvalue weighted by molar-refractivity contribution is 0.174. The van der Waals surface area contributed by atoms with E-state index in [1.165, 1.54) is 7.11 Å². The summed E-state index contributed by atoms with van der Waals surface area (Å²) in [6.45, 7) is 0.196. The maximum Gasteiger partial charge on any atom is 0.231 e. The van der Waals surface area contributed by atoms with Crippen molar-refractivity contribution in [2.45, 2.75) is 10.9 Å². The van der Waals surface area contributed by atoms with Crippen molar-refractivity contribution in [1.29, 1.82) is 0 Å². The summed E-state index contributed by atoms with van der Waals surface area (Å²) in [6, 6.07) is 5.24. The van der Waals surface area contributed by atoms with Crippen LogP contribution in [0.2, 0.25) is 0 Å². The number of hydrogen-bond donors (Lipinski definition) is 1. The average Bonchev–Trinajstić information content (AvgIpc) is 3.24. The van der Waals surface area contributed by atoms with E-state index in [-0.39, 0.29) is 12.5 Å². The molecule has 8 nitrogen and oxygen atoms in total. The molecule has 1 atom stereocenters. The number of hydrogen-bond acceptors (Lipinski definition) is 7. The SMILES string of the molecule is COc1ccnc(CS(=O)c2nc3cc4c(cc3[nH]2)OCO4)c1OC. The van der Waals surface area contributed by atoms with Crippen molar-refractivity contribution in [3.8, 4) is 23.0 Å². The summed E-state index contributed by atoms with van der Waals surface area (Å²) in [7, 11) is 1.63. The Morgan fingerprint density at radius 1 is 1.24 bits per heavy atom. The second kappa shape index (κ2) is 6.25. The van der Waals surface area contributed by atoms with Gasteiger partial charge in [0.05, 0.1) is 47.5 Å². The van der Waals surface area contributed by atoms with Gasteiger partial charge in [-0.25, -0.2) is 4.98 Å².